The van der Waals surface area contributed by atoms with E-state index < -0.39 is 0 Å². The van der Waals surface area contributed by atoms with Crippen LogP contribution in [0.4, 0.5) is 0 Å². The monoisotopic (exact) mass is 231 g/mol. The van der Waals surface area contributed by atoms with Crippen molar-refractivity contribution in [3.63, 3.8) is 0 Å². The SMILES string of the molecule is CCSCCN1CCC[C@H](CCCO)C1. The normalized spacial score (nSPS) is 23.2. The van der Waals surface area contributed by atoms with Gasteiger partial charge in [0.05, 0.1) is 0 Å². The Morgan fingerprint density at radius 3 is 3.07 bits per heavy atom. The smallest absolute Gasteiger partial charge is 0.0431 e. The van der Waals surface area contributed by atoms with Crippen LogP contribution in [-0.4, -0.2) is 47.8 Å². The average Bonchev–Trinajstić information content (AvgIpc) is 2.27. The summed E-state index contributed by atoms with van der Waals surface area (Å²) in [6.45, 7) is 6.41. The first-order chi connectivity index (χ1) is 7.36. The van der Waals surface area contributed by atoms with Crippen LogP contribution in [0, 0.1) is 5.92 Å². The zero-order chi connectivity index (χ0) is 10.9. The summed E-state index contributed by atoms with van der Waals surface area (Å²) < 4.78 is 0. The molecular weight excluding hydrogens is 206 g/mol. The molecule has 0 aromatic carbocycles. The van der Waals surface area contributed by atoms with Gasteiger partial charge in [-0.15, -0.1) is 0 Å². The molecule has 1 saturated heterocycles. The maximum atomic E-state index is 8.82. The highest BCUT2D eigenvalue weighted by atomic mass is 32.2. The maximum absolute atomic E-state index is 8.82. The fraction of sp³-hybridized carbons (Fsp3) is 1.00. The highest BCUT2D eigenvalue weighted by molar-refractivity contribution is 7.99. The topological polar surface area (TPSA) is 23.5 Å². The lowest BCUT2D eigenvalue weighted by Gasteiger charge is -2.32. The van der Waals surface area contributed by atoms with Crippen molar-refractivity contribution in [1.29, 1.82) is 0 Å². The van der Waals surface area contributed by atoms with Gasteiger partial charge in [0.1, 0.15) is 0 Å². The molecule has 0 amide bonds. The van der Waals surface area contributed by atoms with Crippen LogP contribution in [0.5, 0.6) is 0 Å². The van der Waals surface area contributed by atoms with Gasteiger partial charge >= 0.3 is 0 Å². The Bertz CT molecular complexity index is 155. The van der Waals surface area contributed by atoms with Crippen molar-refractivity contribution in [2.45, 2.75) is 32.6 Å². The van der Waals surface area contributed by atoms with Gasteiger partial charge in [-0.25, -0.2) is 0 Å². The number of likely N-dealkylation sites (tertiary alicyclic amines) is 1. The summed E-state index contributed by atoms with van der Waals surface area (Å²) in [6.07, 6.45) is 4.93. The molecule has 1 fully saturated rings. The van der Waals surface area contributed by atoms with E-state index in [0.717, 1.165) is 12.3 Å². The molecule has 0 saturated carbocycles. The standard InChI is InChI=1S/C12H25NOS/c1-2-15-10-8-13-7-3-5-12(11-13)6-4-9-14/h12,14H,2-11H2,1H3/t12-/m1/s1. The van der Waals surface area contributed by atoms with Crippen LogP contribution in [-0.2, 0) is 0 Å². The Morgan fingerprint density at radius 2 is 2.33 bits per heavy atom. The minimum Gasteiger partial charge on any atom is -0.396 e. The first kappa shape index (κ1) is 13.3. The third-order valence-electron chi connectivity index (χ3n) is 3.13. The van der Waals surface area contributed by atoms with Crippen molar-refractivity contribution in [2.24, 2.45) is 5.92 Å². The number of aliphatic hydroxyl groups is 1. The Hall–Kier alpha value is 0.270. The molecule has 2 nitrogen and oxygen atoms in total. The van der Waals surface area contributed by atoms with E-state index in [9.17, 15) is 0 Å². The zero-order valence-corrected chi connectivity index (χ0v) is 10.8. The Labute approximate surface area is 98.4 Å². The van der Waals surface area contributed by atoms with Crippen molar-refractivity contribution < 1.29 is 5.11 Å². The van der Waals surface area contributed by atoms with Gasteiger partial charge in [-0.3, -0.25) is 0 Å². The predicted octanol–water partition coefficient (Wildman–Crippen LogP) is 2.22. The molecule has 1 aliphatic rings. The van der Waals surface area contributed by atoms with Gasteiger partial charge in [0.15, 0.2) is 0 Å². The predicted molar refractivity (Wildman–Crippen MR) is 68.5 cm³/mol. The summed E-state index contributed by atoms with van der Waals surface area (Å²) in [5.41, 5.74) is 0. The van der Waals surface area contributed by atoms with Gasteiger partial charge in [-0.05, 0) is 43.9 Å². The van der Waals surface area contributed by atoms with Gasteiger partial charge in [0.2, 0.25) is 0 Å². The minimum atomic E-state index is 0.363. The average molecular weight is 231 g/mol. The highest BCUT2D eigenvalue weighted by Crippen LogP contribution is 2.20. The number of hydrogen-bond donors (Lipinski definition) is 1. The summed E-state index contributed by atoms with van der Waals surface area (Å²) in [7, 11) is 0. The largest absolute Gasteiger partial charge is 0.396 e. The lowest BCUT2D eigenvalue weighted by Crippen LogP contribution is -2.36. The number of rotatable bonds is 7. The molecule has 0 aromatic rings. The third kappa shape index (κ3) is 5.79. The van der Waals surface area contributed by atoms with Crippen molar-refractivity contribution in [3.8, 4) is 0 Å². The highest BCUT2D eigenvalue weighted by Gasteiger charge is 2.18. The molecule has 1 aliphatic heterocycles. The van der Waals surface area contributed by atoms with Crippen molar-refractivity contribution >= 4 is 11.8 Å². The Morgan fingerprint density at radius 1 is 1.47 bits per heavy atom. The third-order valence-corrected chi connectivity index (χ3v) is 4.01. The molecular formula is C12H25NOS. The Balaban J connectivity index is 2.11. The van der Waals surface area contributed by atoms with Crippen LogP contribution < -0.4 is 0 Å². The number of piperidine rings is 1. The molecule has 1 N–H and O–H groups in total. The maximum Gasteiger partial charge on any atom is 0.0431 e. The van der Waals surface area contributed by atoms with Gasteiger partial charge in [-0.1, -0.05) is 6.92 Å². The first-order valence-electron chi connectivity index (χ1n) is 6.27. The van der Waals surface area contributed by atoms with Gasteiger partial charge in [-0.2, -0.15) is 11.8 Å². The van der Waals surface area contributed by atoms with Crippen LogP contribution in [0.15, 0.2) is 0 Å². The molecule has 0 bridgehead atoms. The number of aliphatic hydroxyl groups excluding tert-OH is 1. The fourth-order valence-electron chi connectivity index (χ4n) is 2.31. The lowest BCUT2D eigenvalue weighted by atomic mass is 9.93. The first-order valence-corrected chi connectivity index (χ1v) is 7.43. The molecule has 0 unspecified atom stereocenters. The van der Waals surface area contributed by atoms with Crippen molar-refractivity contribution in [3.05, 3.63) is 0 Å². The second-order valence-electron chi connectivity index (χ2n) is 4.37. The summed E-state index contributed by atoms with van der Waals surface area (Å²) in [4.78, 5) is 2.61. The van der Waals surface area contributed by atoms with Crippen LogP contribution in [0.2, 0.25) is 0 Å². The van der Waals surface area contributed by atoms with E-state index in [0.29, 0.717) is 6.61 Å². The second-order valence-corrected chi connectivity index (χ2v) is 5.77. The van der Waals surface area contributed by atoms with Crippen LogP contribution >= 0.6 is 11.8 Å². The van der Waals surface area contributed by atoms with Gasteiger partial charge < -0.3 is 10.0 Å². The summed E-state index contributed by atoms with van der Waals surface area (Å²) in [6, 6.07) is 0. The summed E-state index contributed by atoms with van der Waals surface area (Å²) >= 11 is 2.04. The molecule has 0 aromatic heterocycles. The molecule has 0 radical (unpaired) electrons. The van der Waals surface area contributed by atoms with Crippen LogP contribution in [0.1, 0.15) is 32.6 Å². The lowest BCUT2D eigenvalue weighted by molar-refractivity contribution is 0.167. The van der Waals surface area contributed by atoms with E-state index in [4.69, 9.17) is 5.11 Å². The van der Waals surface area contributed by atoms with E-state index in [1.54, 1.807) is 0 Å². The Kier molecular flexibility index (Phi) is 7.49. The number of thioether (sulfide) groups is 1. The second kappa shape index (κ2) is 8.43. The molecule has 15 heavy (non-hydrogen) atoms. The van der Waals surface area contributed by atoms with E-state index >= 15 is 0 Å². The molecule has 0 aliphatic carbocycles. The van der Waals surface area contributed by atoms with Gasteiger partial charge in [0.25, 0.3) is 0 Å². The zero-order valence-electron chi connectivity index (χ0n) is 9.95. The molecule has 1 atom stereocenters. The van der Waals surface area contributed by atoms with Gasteiger partial charge in [0, 0.05) is 25.4 Å². The van der Waals surface area contributed by atoms with E-state index in [1.165, 1.54) is 50.4 Å². The van der Waals surface area contributed by atoms with Crippen molar-refractivity contribution in [2.75, 3.05) is 37.7 Å². The molecule has 1 heterocycles. The van der Waals surface area contributed by atoms with E-state index in [-0.39, 0.29) is 0 Å². The number of hydrogen-bond acceptors (Lipinski definition) is 3. The quantitative estimate of drug-likeness (QED) is 0.680. The van der Waals surface area contributed by atoms with E-state index in [1.807, 2.05) is 11.8 Å². The molecule has 0 spiro atoms. The fourth-order valence-corrected chi connectivity index (χ4v) is 2.98. The van der Waals surface area contributed by atoms with Crippen molar-refractivity contribution in [1.82, 2.24) is 4.90 Å². The molecule has 90 valence electrons. The molecule has 1 rings (SSSR count). The minimum absolute atomic E-state index is 0.363. The van der Waals surface area contributed by atoms with Crippen LogP contribution in [0.25, 0.3) is 0 Å². The number of nitrogens with zero attached hydrogens (tertiary/aromatic N) is 1. The molecule has 3 heteroatoms. The van der Waals surface area contributed by atoms with Crippen LogP contribution in [0.3, 0.4) is 0 Å². The summed E-state index contributed by atoms with van der Waals surface area (Å²) in [5, 5.41) is 8.82. The summed E-state index contributed by atoms with van der Waals surface area (Å²) in [5.74, 6) is 3.36. The van der Waals surface area contributed by atoms with E-state index in [2.05, 4.69) is 11.8 Å².